The number of aliphatic carboxylic acids is 1. The lowest BCUT2D eigenvalue weighted by Gasteiger charge is -2.32. The smallest absolute Gasteiger partial charge is 0.307 e. The van der Waals surface area contributed by atoms with Gasteiger partial charge in [0.25, 0.3) is 0 Å². The lowest BCUT2D eigenvalue weighted by molar-refractivity contribution is -0.136. The quantitative estimate of drug-likeness (QED) is 0.421. The number of carboxylic acids is 1. The molecule has 1 N–H and O–H groups in total. The number of halogens is 2. The number of hydrogen-bond donors (Lipinski definition) is 1. The van der Waals surface area contributed by atoms with Gasteiger partial charge in [-0.1, -0.05) is 12.1 Å². The first-order valence-electron chi connectivity index (χ1n) is 13.4. The molecule has 0 aliphatic carbocycles. The Labute approximate surface area is 222 Å². The van der Waals surface area contributed by atoms with E-state index in [9.17, 15) is 14.3 Å². The predicted octanol–water partition coefficient (Wildman–Crippen LogP) is 5.90. The number of carbonyl (C=O) groups is 1. The van der Waals surface area contributed by atoms with Crippen LogP contribution in [0.3, 0.4) is 0 Å². The molecule has 2 aliphatic heterocycles. The van der Waals surface area contributed by atoms with Crippen LogP contribution in [0.25, 0.3) is 11.1 Å². The van der Waals surface area contributed by atoms with E-state index in [2.05, 4.69) is 4.90 Å². The van der Waals surface area contributed by atoms with Gasteiger partial charge in [0.05, 0.1) is 13.0 Å². The van der Waals surface area contributed by atoms with E-state index in [0.717, 1.165) is 84.3 Å². The third-order valence-corrected chi connectivity index (χ3v) is 7.93. The third kappa shape index (κ3) is 5.17. The van der Waals surface area contributed by atoms with Crippen LogP contribution in [0.1, 0.15) is 57.6 Å². The number of fused-ring (bicyclic) bond motifs is 2. The average molecular weight is 521 g/mol. The molecule has 0 amide bonds. The molecule has 0 fully saturated rings. The van der Waals surface area contributed by atoms with Gasteiger partial charge in [-0.25, -0.2) is 8.78 Å². The van der Waals surface area contributed by atoms with E-state index in [-0.39, 0.29) is 12.2 Å². The maximum Gasteiger partial charge on any atom is 0.307 e. The maximum absolute atomic E-state index is 15.3. The van der Waals surface area contributed by atoms with Crippen molar-refractivity contribution in [2.45, 2.75) is 65.8 Å². The minimum atomic E-state index is -0.933. The Morgan fingerprint density at radius 3 is 2.68 bits per heavy atom. The normalized spacial score (nSPS) is 15.1. The first kappa shape index (κ1) is 26.3. The Hall–Kier alpha value is -3.32. The molecule has 0 radical (unpaired) electrons. The van der Waals surface area contributed by atoms with Crippen LogP contribution in [-0.4, -0.2) is 40.7 Å². The van der Waals surface area contributed by atoms with Gasteiger partial charge in [-0.15, -0.1) is 0 Å². The highest BCUT2D eigenvalue weighted by molar-refractivity contribution is 5.82. The first-order valence-corrected chi connectivity index (χ1v) is 13.4. The van der Waals surface area contributed by atoms with Crippen LogP contribution in [0, 0.1) is 32.4 Å². The summed E-state index contributed by atoms with van der Waals surface area (Å²) in [7, 11) is 0. The summed E-state index contributed by atoms with van der Waals surface area (Å²) in [4.78, 5) is 19.1. The van der Waals surface area contributed by atoms with Crippen molar-refractivity contribution in [2.75, 3.05) is 19.7 Å². The molecule has 2 aromatic carbocycles. The second kappa shape index (κ2) is 10.8. The van der Waals surface area contributed by atoms with Crippen LogP contribution in [0.4, 0.5) is 8.78 Å². The molecule has 38 heavy (non-hydrogen) atoms. The number of ether oxygens (including phenoxy) is 1. The summed E-state index contributed by atoms with van der Waals surface area (Å²) in [6.07, 6.45) is 3.92. The summed E-state index contributed by atoms with van der Waals surface area (Å²) >= 11 is 0. The Kier molecular flexibility index (Phi) is 7.48. The van der Waals surface area contributed by atoms with Crippen LogP contribution in [0.2, 0.25) is 0 Å². The van der Waals surface area contributed by atoms with Crippen LogP contribution >= 0.6 is 0 Å². The van der Waals surface area contributed by atoms with Gasteiger partial charge in [-0.3, -0.25) is 14.7 Å². The molecular formula is C31H34F2N2O3. The van der Waals surface area contributed by atoms with Crippen molar-refractivity contribution in [3.05, 3.63) is 80.7 Å². The maximum atomic E-state index is 15.3. The van der Waals surface area contributed by atoms with E-state index in [1.165, 1.54) is 12.1 Å². The second-order valence-corrected chi connectivity index (χ2v) is 10.6. The predicted molar refractivity (Wildman–Crippen MR) is 143 cm³/mol. The van der Waals surface area contributed by atoms with Gasteiger partial charge >= 0.3 is 5.97 Å². The molecule has 0 bridgehead atoms. The van der Waals surface area contributed by atoms with Crippen LogP contribution in [0.5, 0.6) is 5.75 Å². The Morgan fingerprint density at radius 1 is 1.11 bits per heavy atom. The van der Waals surface area contributed by atoms with E-state index in [1.807, 2.05) is 26.0 Å². The van der Waals surface area contributed by atoms with Crippen molar-refractivity contribution in [2.24, 2.45) is 0 Å². The number of hydrogen-bond acceptors (Lipinski definition) is 4. The zero-order valence-corrected chi connectivity index (χ0v) is 22.3. The Bertz CT molecular complexity index is 1400. The highest BCUT2D eigenvalue weighted by Gasteiger charge is 2.29. The fourth-order valence-electron chi connectivity index (χ4n) is 5.96. The van der Waals surface area contributed by atoms with Crippen molar-refractivity contribution in [3.8, 4) is 16.9 Å². The number of aryl methyl sites for hydroxylation is 3. The Morgan fingerprint density at radius 2 is 1.92 bits per heavy atom. The molecular weight excluding hydrogens is 486 g/mol. The molecule has 2 aliphatic rings. The van der Waals surface area contributed by atoms with Gasteiger partial charge in [-0.2, -0.15) is 0 Å². The molecule has 7 heteroatoms. The molecule has 1 aromatic heterocycles. The largest absolute Gasteiger partial charge is 0.490 e. The monoisotopic (exact) mass is 520 g/mol. The van der Waals surface area contributed by atoms with Gasteiger partial charge in [0.1, 0.15) is 5.82 Å². The fraction of sp³-hybridized carbons (Fsp3) is 0.419. The Balaban J connectivity index is 1.50. The summed E-state index contributed by atoms with van der Waals surface area (Å²) in [6.45, 7) is 8.45. The number of aromatic nitrogens is 1. The lowest BCUT2D eigenvalue weighted by Crippen LogP contribution is -2.33. The summed E-state index contributed by atoms with van der Waals surface area (Å²) in [5, 5.41) is 9.74. The molecule has 5 nitrogen and oxygen atoms in total. The summed E-state index contributed by atoms with van der Waals surface area (Å²) in [6, 6.07) is 6.79. The first-order chi connectivity index (χ1) is 18.2. The van der Waals surface area contributed by atoms with Gasteiger partial charge in [-0.05, 0) is 104 Å². The lowest BCUT2D eigenvalue weighted by atomic mass is 9.84. The molecule has 200 valence electrons. The number of benzene rings is 2. The van der Waals surface area contributed by atoms with Crippen molar-refractivity contribution in [1.29, 1.82) is 0 Å². The SMILES string of the molecule is Cc1cc(CCCN2CCc3nc(C)c(CC(=O)O)c(-c4cc(F)c5c(c4C)CCCO5)c3C2)ccc1F. The minimum Gasteiger partial charge on any atom is -0.490 e. The average Bonchev–Trinajstić information content (AvgIpc) is 2.89. The summed E-state index contributed by atoms with van der Waals surface area (Å²) in [5.41, 5.74) is 8.46. The highest BCUT2D eigenvalue weighted by atomic mass is 19.1. The minimum absolute atomic E-state index is 0.167. The second-order valence-electron chi connectivity index (χ2n) is 10.6. The highest BCUT2D eigenvalue weighted by Crippen LogP contribution is 2.42. The van der Waals surface area contributed by atoms with Crippen molar-refractivity contribution >= 4 is 5.97 Å². The zero-order valence-electron chi connectivity index (χ0n) is 22.3. The van der Waals surface area contributed by atoms with E-state index >= 15 is 4.39 Å². The molecule has 0 spiro atoms. The standard InChI is InChI=1S/C31H34F2N2O3/c1-18-14-21(8-9-26(18)32)6-4-11-35-12-10-28-25(17-35)30(24(16-29(36)37)20(3)34-28)23-15-27(33)31-22(19(23)2)7-5-13-38-31/h8-9,14-15H,4-7,10-13,16-17H2,1-3H3,(H,36,37). The molecule has 0 saturated heterocycles. The molecule has 0 unspecified atom stereocenters. The van der Waals surface area contributed by atoms with Crippen LogP contribution in [-0.2, 0) is 37.0 Å². The third-order valence-electron chi connectivity index (χ3n) is 7.93. The van der Waals surface area contributed by atoms with Gasteiger partial charge in [0.2, 0.25) is 0 Å². The number of pyridine rings is 1. The molecule has 0 saturated carbocycles. The van der Waals surface area contributed by atoms with Crippen LogP contribution in [0.15, 0.2) is 24.3 Å². The van der Waals surface area contributed by atoms with E-state index in [4.69, 9.17) is 9.72 Å². The fourth-order valence-corrected chi connectivity index (χ4v) is 5.96. The van der Waals surface area contributed by atoms with Crippen molar-refractivity contribution in [3.63, 3.8) is 0 Å². The topological polar surface area (TPSA) is 62.7 Å². The van der Waals surface area contributed by atoms with Gasteiger partial charge < -0.3 is 9.84 Å². The van der Waals surface area contributed by atoms with Crippen molar-refractivity contribution in [1.82, 2.24) is 9.88 Å². The molecule has 3 aromatic rings. The number of rotatable bonds is 7. The van der Waals surface area contributed by atoms with E-state index in [0.29, 0.717) is 35.7 Å². The van der Waals surface area contributed by atoms with Crippen molar-refractivity contribution < 1.29 is 23.4 Å². The summed E-state index contributed by atoms with van der Waals surface area (Å²) < 4.78 is 34.6. The van der Waals surface area contributed by atoms with E-state index < -0.39 is 11.8 Å². The van der Waals surface area contributed by atoms with E-state index in [1.54, 1.807) is 6.92 Å². The number of carboxylic acid groups (broad SMARTS) is 1. The molecule has 0 atom stereocenters. The summed E-state index contributed by atoms with van der Waals surface area (Å²) in [5.74, 6) is -1.19. The molecule has 5 rings (SSSR count). The van der Waals surface area contributed by atoms with Gasteiger partial charge in [0.15, 0.2) is 11.6 Å². The zero-order chi connectivity index (χ0) is 27.0. The number of nitrogens with zero attached hydrogens (tertiary/aromatic N) is 2. The molecule has 3 heterocycles. The van der Waals surface area contributed by atoms with Gasteiger partial charge in [0, 0.05) is 36.5 Å². The van der Waals surface area contributed by atoms with Crippen LogP contribution < -0.4 is 4.74 Å².